The van der Waals surface area contributed by atoms with Gasteiger partial charge in [-0.25, -0.2) is 0 Å². The zero-order chi connectivity index (χ0) is 26.2. The maximum atomic E-state index is 2.70. The lowest BCUT2D eigenvalue weighted by Gasteiger charge is -2.41. The van der Waals surface area contributed by atoms with Gasteiger partial charge in [-0.3, -0.25) is 0 Å². The molecule has 2 fully saturated rings. The van der Waals surface area contributed by atoms with E-state index in [9.17, 15) is 0 Å². The molecular formula is C37H39N. The summed E-state index contributed by atoms with van der Waals surface area (Å²) in [7, 11) is 0. The highest BCUT2D eigenvalue weighted by Crippen LogP contribution is 2.57. The Morgan fingerprint density at radius 1 is 0.632 bits per heavy atom. The van der Waals surface area contributed by atoms with Gasteiger partial charge in [0.25, 0.3) is 0 Å². The van der Waals surface area contributed by atoms with Crippen molar-refractivity contribution in [3.8, 4) is 22.3 Å². The number of rotatable bonds is 5. The third-order valence-corrected chi connectivity index (χ3v) is 9.05. The van der Waals surface area contributed by atoms with Gasteiger partial charge in [0.1, 0.15) is 0 Å². The Balaban J connectivity index is 1.49. The normalized spacial score (nSPS) is 17.7. The number of anilines is 2. The fourth-order valence-electron chi connectivity index (χ4n) is 6.94. The summed E-state index contributed by atoms with van der Waals surface area (Å²) in [4.78, 5) is 2.70. The first kappa shape index (κ1) is 23.8. The van der Waals surface area contributed by atoms with Crippen molar-refractivity contribution in [3.05, 3.63) is 107 Å². The molecule has 3 aliphatic carbocycles. The summed E-state index contributed by atoms with van der Waals surface area (Å²) in [5, 5.41) is 0. The third-order valence-electron chi connectivity index (χ3n) is 9.05. The Morgan fingerprint density at radius 2 is 1.29 bits per heavy atom. The molecule has 4 aromatic carbocycles. The molecule has 1 heteroatoms. The van der Waals surface area contributed by atoms with Crippen molar-refractivity contribution in [2.75, 3.05) is 4.90 Å². The van der Waals surface area contributed by atoms with E-state index in [1.54, 1.807) is 5.56 Å². The van der Waals surface area contributed by atoms with E-state index in [0.717, 1.165) is 0 Å². The molecule has 4 aromatic rings. The first-order valence-electron chi connectivity index (χ1n) is 14.5. The van der Waals surface area contributed by atoms with Crippen molar-refractivity contribution in [1.29, 1.82) is 0 Å². The van der Waals surface area contributed by atoms with Crippen LogP contribution in [0.25, 0.3) is 22.3 Å². The highest BCUT2D eigenvalue weighted by atomic mass is 15.2. The fourth-order valence-corrected chi connectivity index (χ4v) is 6.94. The van der Waals surface area contributed by atoms with Crippen molar-refractivity contribution < 1.29 is 0 Å². The predicted octanol–water partition coefficient (Wildman–Crippen LogP) is 10.4. The van der Waals surface area contributed by atoms with Crippen LogP contribution < -0.4 is 4.90 Å². The van der Waals surface area contributed by atoms with Crippen molar-refractivity contribution >= 4 is 11.4 Å². The lowest BCUT2D eigenvalue weighted by atomic mass is 9.81. The minimum atomic E-state index is -0.0650. The Hall–Kier alpha value is -3.32. The predicted molar refractivity (Wildman–Crippen MR) is 162 cm³/mol. The van der Waals surface area contributed by atoms with Gasteiger partial charge < -0.3 is 4.90 Å². The minimum absolute atomic E-state index is 0.0348. The maximum Gasteiger partial charge on any atom is 0.0457 e. The van der Waals surface area contributed by atoms with E-state index in [2.05, 4.69) is 124 Å². The van der Waals surface area contributed by atoms with Crippen LogP contribution in [0.15, 0.2) is 84.9 Å². The molecule has 0 amide bonds. The first-order valence-corrected chi connectivity index (χ1v) is 14.5. The van der Waals surface area contributed by atoms with E-state index in [-0.39, 0.29) is 11.0 Å². The van der Waals surface area contributed by atoms with Crippen molar-refractivity contribution in [1.82, 2.24) is 0 Å². The van der Waals surface area contributed by atoms with Crippen molar-refractivity contribution in [2.45, 2.75) is 83.1 Å². The largest absolute Gasteiger partial charge is 0.336 e. The molecule has 0 unspecified atom stereocenters. The molecule has 38 heavy (non-hydrogen) atoms. The number of benzene rings is 4. The van der Waals surface area contributed by atoms with E-state index in [0.29, 0.717) is 11.8 Å². The summed E-state index contributed by atoms with van der Waals surface area (Å²) in [6.45, 7) is 12.0. The summed E-state index contributed by atoms with van der Waals surface area (Å²) < 4.78 is 0. The van der Waals surface area contributed by atoms with Crippen LogP contribution in [0.4, 0.5) is 11.4 Å². The molecule has 0 saturated heterocycles. The van der Waals surface area contributed by atoms with Crippen LogP contribution in [0.1, 0.15) is 94.4 Å². The Labute approximate surface area is 228 Å². The van der Waals surface area contributed by atoms with E-state index in [1.807, 2.05) is 0 Å². The van der Waals surface area contributed by atoms with Crippen LogP contribution in [-0.2, 0) is 5.41 Å². The van der Waals surface area contributed by atoms with Gasteiger partial charge >= 0.3 is 0 Å². The highest BCUT2D eigenvalue weighted by Gasteiger charge is 2.41. The Bertz CT molecular complexity index is 1530. The average Bonchev–Trinajstić information content (AvgIpc) is 3.82. The average molecular weight is 498 g/mol. The standard InChI is InChI=1S/C37H39N/c1-36(2,3)38(33-17-11-15-27(35(33)26-20-21-26)24-12-7-6-8-13-24)34-23-30-28-14-9-10-16-31(28)37(4,5)32(30)22-29(34)25-18-19-25/h6-17,22-23,25-26H,18-21H2,1-5H3. The molecule has 0 radical (unpaired) electrons. The molecule has 7 rings (SSSR count). The number of hydrogen-bond donors (Lipinski definition) is 0. The molecule has 0 aromatic heterocycles. The van der Waals surface area contributed by atoms with Gasteiger partial charge in [-0.15, -0.1) is 0 Å². The van der Waals surface area contributed by atoms with Crippen LogP contribution >= 0.6 is 0 Å². The second-order valence-corrected chi connectivity index (χ2v) is 13.3. The quantitative estimate of drug-likeness (QED) is 0.265. The summed E-state index contributed by atoms with van der Waals surface area (Å²) in [5.74, 6) is 1.31. The highest BCUT2D eigenvalue weighted by molar-refractivity contribution is 5.88. The number of hydrogen-bond acceptors (Lipinski definition) is 1. The smallest absolute Gasteiger partial charge is 0.0457 e. The van der Waals surface area contributed by atoms with E-state index >= 15 is 0 Å². The fraction of sp³-hybridized carbons (Fsp3) is 0.351. The van der Waals surface area contributed by atoms with Crippen LogP contribution in [0.2, 0.25) is 0 Å². The zero-order valence-electron chi connectivity index (χ0n) is 23.5. The minimum Gasteiger partial charge on any atom is -0.336 e. The maximum absolute atomic E-state index is 2.70. The molecule has 0 atom stereocenters. The van der Waals surface area contributed by atoms with Crippen molar-refractivity contribution in [3.63, 3.8) is 0 Å². The van der Waals surface area contributed by atoms with Crippen LogP contribution in [0.3, 0.4) is 0 Å². The van der Waals surface area contributed by atoms with Crippen LogP contribution in [0, 0.1) is 0 Å². The summed E-state index contributed by atoms with van der Waals surface area (Å²) >= 11 is 0. The van der Waals surface area contributed by atoms with E-state index in [4.69, 9.17) is 0 Å². The molecule has 1 nitrogen and oxygen atoms in total. The summed E-state index contributed by atoms with van der Waals surface area (Å²) in [6, 6.07) is 32.3. The molecule has 0 heterocycles. The lowest BCUT2D eigenvalue weighted by Crippen LogP contribution is -2.39. The molecule has 2 saturated carbocycles. The summed E-state index contributed by atoms with van der Waals surface area (Å²) in [6.07, 6.45) is 5.18. The molecule has 0 N–H and O–H groups in total. The van der Waals surface area contributed by atoms with Crippen molar-refractivity contribution in [2.24, 2.45) is 0 Å². The van der Waals surface area contributed by atoms with Gasteiger partial charge in [0.15, 0.2) is 0 Å². The van der Waals surface area contributed by atoms with Crippen LogP contribution in [-0.4, -0.2) is 5.54 Å². The second-order valence-electron chi connectivity index (χ2n) is 13.3. The summed E-state index contributed by atoms with van der Waals surface area (Å²) in [5.41, 5.74) is 14.4. The molecule has 0 aliphatic heterocycles. The van der Waals surface area contributed by atoms with Crippen LogP contribution in [0.5, 0.6) is 0 Å². The van der Waals surface area contributed by atoms with Gasteiger partial charge in [0.2, 0.25) is 0 Å². The third kappa shape index (κ3) is 3.74. The monoisotopic (exact) mass is 497 g/mol. The molecule has 3 aliphatic rings. The molecule has 192 valence electrons. The van der Waals surface area contributed by atoms with Gasteiger partial charge in [-0.1, -0.05) is 86.6 Å². The topological polar surface area (TPSA) is 3.24 Å². The Morgan fingerprint density at radius 3 is 1.97 bits per heavy atom. The molecule has 0 spiro atoms. The first-order chi connectivity index (χ1) is 18.2. The molecule has 0 bridgehead atoms. The van der Waals surface area contributed by atoms with E-state index in [1.165, 1.54) is 76.0 Å². The van der Waals surface area contributed by atoms with Gasteiger partial charge in [0, 0.05) is 22.3 Å². The molecular weight excluding hydrogens is 458 g/mol. The SMILES string of the molecule is CC1(C)c2ccccc2-c2cc(N(c3cccc(-c4ccccc4)c3C3CC3)C(C)(C)C)c(C3CC3)cc21. The number of fused-ring (bicyclic) bond motifs is 3. The van der Waals surface area contributed by atoms with Gasteiger partial charge in [0.05, 0.1) is 0 Å². The van der Waals surface area contributed by atoms with Gasteiger partial charge in [-0.05, 0) is 115 Å². The van der Waals surface area contributed by atoms with Gasteiger partial charge in [-0.2, -0.15) is 0 Å². The zero-order valence-corrected chi connectivity index (χ0v) is 23.5. The van der Waals surface area contributed by atoms with E-state index < -0.39 is 0 Å². The number of nitrogens with zero attached hydrogens (tertiary/aromatic N) is 1. The Kier molecular flexibility index (Phi) is 5.22. The lowest BCUT2D eigenvalue weighted by molar-refractivity contribution is 0.557. The second kappa shape index (κ2) is 8.34.